The molecule has 0 saturated carbocycles. The van der Waals surface area contributed by atoms with Gasteiger partial charge in [-0.1, -0.05) is 52.3 Å². The summed E-state index contributed by atoms with van der Waals surface area (Å²) in [5, 5.41) is 0. The van der Waals surface area contributed by atoms with Gasteiger partial charge in [0.2, 0.25) is 0 Å². The van der Waals surface area contributed by atoms with Crippen LogP contribution in [0.5, 0.6) is 11.5 Å². The molecular formula is C24H23BrO2. The van der Waals surface area contributed by atoms with E-state index in [1.54, 1.807) is 14.2 Å². The van der Waals surface area contributed by atoms with Crippen molar-refractivity contribution < 1.29 is 9.47 Å². The number of benzene rings is 3. The van der Waals surface area contributed by atoms with Crippen LogP contribution < -0.4 is 9.47 Å². The third kappa shape index (κ3) is 3.61. The zero-order valence-corrected chi connectivity index (χ0v) is 17.3. The van der Waals surface area contributed by atoms with E-state index < -0.39 is 0 Å². The number of hydrogen-bond acceptors (Lipinski definition) is 2. The lowest BCUT2D eigenvalue weighted by atomic mass is 9.90. The molecule has 0 fully saturated rings. The number of halogens is 1. The molecule has 3 heteroatoms. The van der Waals surface area contributed by atoms with Gasteiger partial charge in [0, 0.05) is 4.47 Å². The summed E-state index contributed by atoms with van der Waals surface area (Å²) < 4.78 is 12.6. The van der Waals surface area contributed by atoms with Crippen LogP contribution in [-0.2, 0) is 25.7 Å². The molecule has 0 atom stereocenters. The van der Waals surface area contributed by atoms with E-state index >= 15 is 0 Å². The summed E-state index contributed by atoms with van der Waals surface area (Å²) in [6, 6.07) is 19.6. The average molecular weight is 423 g/mol. The lowest BCUT2D eigenvalue weighted by Crippen LogP contribution is -2.02. The standard InChI is InChI=1S/C24H23BrO2/c1-26-22-4-3-5-23(27-2)24(22)20-14-16-6-10-18(20)11-7-17-9-13-19(12-8-16)21(25)15-17/h3-6,9-10,13-15H,7-8,11-12H2,1-2H3. The van der Waals surface area contributed by atoms with Crippen LogP contribution in [0.3, 0.4) is 0 Å². The van der Waals surface area contributed by atoms with Gasteiger partial charge in [-0.3, -0.25) is 0 Å². The van der Waals surface area contributed by atoms with Crippen molar-refractivity contribution in [2.75, 3.05) is 14.2 Å². The van der Waals surface area contributed by atoms with E-state index in [9.17, 15) is 0 Å². The second-order valence-electron chi connectivity index (χ2n) is 6.95. The van der Waals surface area contributed by atoms with Crippen molar-refractivity contribution in [1.29, 1.82) is 0 Å². The van der Waals surface area contributed by atoms with Crippen molar-refractivity contribution in [2.45, 2.75) is 25.7 Å². The van der Waals surface area contributed by atoms with Crippen LogP contribution >= 0.6 is 15.9 Å². The van der Waals surface area contributed by atoms with E-state index in [-0.39, 0.29) is 0 Å². The minimum Gasteiger partial charge on any atom is -0.496 e. The average Bonchev–Trinajstić information content (AvgIpc) is 2.69. The van der Waals surface area contributed by atoms with Gasteiger partial charge in [-0.15, -0.1) is 0 Å². The monoisotopic (exact) mass is 422 g/mol. The normalized spacial score (nSPS) is 13.1. The Hall–Kier alpha value is -2.26. The first-order chi connectivity index (χ1) is 13.2. The zero-order chi connectivity index (χ0) is 18.8. The Morgan fingerprint density at radius 2 is 1.30 bits per heavy atom. The minimum absolute atomic E-state index is 0.853. The van der Waals surface area contributed by atoms with Crippen LogP contribution in [0.25, 0.3) is 11.1 Å². The quantitative estimate of drug-likeness (QED) is 0.513. The van der Waals surface area contributed by atoms with E-state index in [1.807, 2.05) is 18.2 Å². The van der Waals surface area contributed by atoms with Crippen molar-refractivity contribution in [3.05, 3.63) is 81.3 Å². The predicted molar refractivity (Wildman–Crippen MR) is 114 cm³/mol. The van der Waals surface area contributed by atoms with Crippen molar-refractivity contribution >= 4 is 15.9 Å². The Morgan fingerprint density at radius 3 is 1.93 bits per heavy atom. The van der Waals surface area contributed by atoms with Crippen molar-refractivity contribution in [2.24, 2.45) is 0 Å². The maximum Gasteiger partial charge on any atom is 0.130 e. The fourth-order valence-corrected chi connectivity index (χ4v) is 4.48. The Kier molecular flexibility index (Phi) is 5.22. The molecule has 0 saturated heterocycles. The molecule has 0 radical (unpaired) electrons. The summed E-state index contributed by atoms with van der Waals surface area (Å²) in [4.78, 5) is 0. The van der Waals surface area contributed by atoms with Gasteiger partial charge in [-0.2, -0.15) is 0 Å². The molecule has 0 aliphatic heterocycles. The molecule has 0 N–H and O–H groups in total. The first kappa shape index (κ1) is 18.1. The van der Waals surface area contributed by atoms with Crippen LogP contribution in [-0.4, -0.2) is 14.2 Å². The van der Waals surface area contributed by atoms with Gasteiger partial charge in [0.25, 0.3) is 0 Å². The third-order valence-corrected chi connectivity index (χ3v) is 6.09. The highest BCUT2D eigenvalue weighted by Gasteiger charge is 2.17. The van der Waals surface area contributed by atoms with E-state index in [0.29, 0.717) is 0 Å². The number of ether oxygens (including phenoxy) is 2. The molecule has 3 aromatic carbocycles. The highest BCUT2D eigenvalue weighted by Crippen LogP contribution is 2.41. The highest BCUT2D eigenvalue weighted by atomic mass is 79.9. The van der Waals surface area contributed by atoms with Gasteiger partial charge in [-0.25, -0.2) is 0 Å². The minimum atomic E-state index is 0.853. The third-order valence-electron chi connectivity index (χ3n) is 5.35. The molecule has 0 heterocycles. The largest absolute Gasteiger partial charge is 0.496 e. The number of rotatable bonds is 3. The SMILES string of the molecule is COc1cccc(OC)c1-c1cc2ccc1CCc1ccc(c(Br)c1)CC2. The van der Waals surface area contributed by atoms with Crippen molar-refractivity contribution in [3.63, 3.8) is 0 Å². The van der Waals surface area contributed by atoms with Gasteiger partial charge in [0.1, 0.15) is 11.5 Å². The number of aryl methyl sites for hydroxylation is 4. The molecule has 4 aliphatic rings. The highest BCUT2D eigenvalue weighted by molar-refractivity contribution is 9.10. The molecule has 3 aromatic rings. The second kappa shape index (κ2) is 7.77. The maximum atomic E-state index is 5.68. The Balaban J connectivity index is 1.86. The first-order valence-corrected chi connectivity index (χ1v) is 10.1. The van der Waals surface area contributed by atoms with Crippen LogP contribution in [0.4, 0.5) is 0 Å². The second-order valence-corrected chi connectivity index (χ2v) is 7.81. The van der Waals surface area contributed by atoms with Crippen LogP contribution in [0.1, 0.15) is 22.3 Å². The van der Waals surface area contributed by atoms with E-state index in [0.717, 1.165) is 42.7 Å². The lowest BCUT2D eigenvalue weighted by molar-refractivity contribution is 0.397. The lowest BCUT2D eigenvalue weighted by Gasteiger charge is -2.19. The summed E-state index contributed by atoms with van der Waals surface area (Å²) in [6.07, 6.45) is 4.00. The summed E-state index contributed by atoms with van der Waals surface area (Å²) >= 11 is 3.74. The van der Waals surface area contributed by atoms with Gasteiger partial charge in [-0.05, 0) is 71.7 Å². The van der Waals surface area contributed by atoms with E-state index in [1.165, 1.54) is 32.3 Å². The number of methoxy groups -OCH3 is 2. The molecule has 0 spiro atoms. The molecule has 27 heavy (non-hydrogen) atoms. The summed E-state index contributed by atoms with van der Waals surface area (Å²) in [5.74, 6) is 1.71. The van der Waals surface area contributed by atoms with Gasteiger partial charge in [0.05, 0.1) is 19.8 Å². The molecule has 0 unspecified atom stereocenters. The smallest absolute Gasteiger partial charge is 0.130 e. The fourth-order valence-electron chi connectivity index (χ4n) is 3.85. The van der Waals surface area contributed by atoms with Gasteiger partial charge in [0.15, 0.2) is 0 Å². The molecular weight excluding hydrogens is 400 g/mol. The van der Waals surface area contributed by atoms with E-state index in [2.05, 4.69) is 52.3 Å². The van der Waals surface area contributed by atoms with E-state index in [4.69, 9.17) is 9.47 Å². The molecule has 4 aliphatic carbocycles. The fraction of sp³-hybridized carbons (Fsp3) is 0.250. The van der Waals surface area contributed by atoms with Crippen molar-refractivity contribution in [3.8, 4) is 22.6 Å². The maximum absolute atomic E-state index is 5.68. The molecule has 2 nitrogen and oxygen atoms in total. The molecule has 0 amide bonds. The van der Waals surface area contributed by atoms with Crippen LogP contribution in [0, 0.1) is 0 Å². The Bertz CT molecular complexity index is 956. The summed E-state index contributed by atoms with van der Waals surface area (Å²) in [5.41, 5.74) is 7.64. The molecule has 4 bridgehead atoms. The van der Waals surface area contributed by atoms with Crippen LogP contribution in [0.15, 0.2) is 59.1 Å². The number of hydrogen-bond donors (Lipinski definition) is 0. The predicted octanol–water partition coefficient (Wildman–Crippen LogP) is 6.02. The van der Waals surface area contributed by atoms with Crippen LogP contribution in [0.2, 0.25) is 0 Å². The Morgan fingerprint density at radius 1 is 0.704 bits per heavy atom. The molecule has 138 valence electrons. The molecule has 7 rings (SSSR count). The summed E-state index contributed by atoms with van der Waals surface area (Å²) in [7, 11) is 3.44. The molecule has 0 aromatic heterocycles. The topological polar surface area (TPSA) is 18.5 Å². The van der Waals surface area contributed by atoms with Gasteiger partial charge >= 0.3 is 0 Å². The van der Waals surface area contributed by atoms with Crippen molar-refractivity contribution in [1.82, 2.24) is 0 Å². The zero-order valence-electron chi connectivity index (χ0n) is 15.7. The summed E-state index contributed by atoms with van der Waals surface area (Å²) in [6.45, 7) is 0. The first-order valence-electron chi connectivity index (χ1n) is 9.30. The van der Waals surface area contributed by atoms with Gasteiger partial charge < -0.3 is 9.47 Å². The Labute approximate surface area is 169 Å².